The third kappa shape index (κ3) is 4.32. The highest BCUT2D eigenvalue weighted by atomic mass is 35.5. The first-order valence-electron chi connectivity index (χ1n) is 7.35. The molecule has 20 heavy (non-hydrogen) atoms. The van der Waals surface area contributed by atoms with E-state index in [1.165, 1.54) is 19.3 Å². The maximum Gasteiger partial charge on any atom is 0.224 e. The summed E-state index contributed by atoms with van der Waals surface area (Å²) in [6.07, 6.45) is 3.66. The van der Waals surface area contributed by atoms with Crippen molar-refractivity contribution in [3.63, 3.8) is 0 Å². The van der Waals surface area contributed by atoms with Crippen LogP contribution in [0.5, 0.6) is 0 Å². The summed E-state index contributed by atoms with van der Waals surface area (Å²) in [5, 5.41) is 7.11. The Balaban J connectivity index is 0.00000200. The van der Waals surface area contributed by atoms with Crippen LogP contribution in [0.2, 0.25) is 0 Å². The Hall–Kier alpha value is -0.360. The quantitative estimate of drug-likeness (QED) is 0.698. The minimum Gasteiger partial charge on any atom is -0.379 e. The number of halogens is 1. The molecule has 3 atom stereocenters. The zero-order valence-electron chi connectivity index (χ0n) is 12.5. The predicted molar refractivity (Wildman–Crippen MR) is 82.0 cm³/mol. The van der Waals surface area contributed by atoms with Crippen LogP contribution in [0.1, 0.15) is 33.1 Å². The molecule has 0 aromatic rings. The number of carbonyl (C=O) groups excluding carboxylic acids is 1. The molecule has 1 amide bonds. The predicted octanol–water partition coefficient (Wildman–Crippen LogP) is 0.666. The summed E-state index contributed by atoms with van der Waals surface area (Å²) < 4.78 is 5.56. The molecule has 1 aliphatic heterocycles. The molecule has 6 heteroatoms. The third-order valence-corrected chi connectivity index (χ3v) is 4.51. The van der Waals surface area contributed by atoms with E-state index in [9.17, 15) is 4.79 Å². The van der Waals surface area contributed by atoms with Crippen molar-refractivity contribution in [3.05, 3.63) is 0 Å². The molecule has 3 unspecified atom stereocenters. The van der Waals surface area contributed by atoms with E-state index in [-0.39, 0.29) is 18.3 Å². The molecule has 0 radical (unpaired) electrons. The van der Waals surface area contributed by atoms with Crippen molar-refractivity contribution in [3.8, 4) is 0 Å². The normalized spacial score (nSPS) is 30.8. The Labute approximate surface area is 127 Å². The van der Waals surface area contributed by atoms with Crippen LogP contribution in [0.15, 0.2) is 0 Å². The number of hydrogen-bond acceptors (Lipinski definition) is 4. The highest BCUT2D eigenvalue weighted by Gasteiger charge is 2.36. The average Bonchev–Trinajstić information content (AvgIpc) is 2.85. The van der Waals surface area contributed by atoms with E-state index in [0.29, 0.717) is 24.5 Å². The van der Waals surface area contributed by atoms with Gasteiger partial charge in [-0.15, -0.1) is 12.4 Å². The number of nitrogens with one attached hydrogen (secondary N) is 2. The summed E-state index contributed by atoms with van der Waals surface area (Å²) in [6, 6.07) is 0.920. The van der Waals surface area contributed by atoms with E-state index in [0.717, 1.165) is 19.8 Å². The third-order valence-electron chi connectivity index (χ3n) is 4.51. The standard InChI is InChI=1S/C14H27N3O2.ClH/c1-14(2,13(15)18)9-17-11-5-3-4-10(11)12-8-19-7-6-16-12;/h10-12,16-17H,3-9H2,1-2H3,(H2,15,18);1H. The van der Waals surface area contributed by atoms with Crippen molar-refractivity contribution in [1.82, 2.24) is 10.6 Å². The molecule has 1 heterocycles. The Morgan fingerprint density at radius 1 is 1.45 bits per heavy atom. The van der Waals surface area contributed by atoms with Gasteiger partial charge in [0.25, 0.3) is 0 Å². The van der Waals surface area contributed by atoms with E-state index < -0.39 is 5.41 Å². The Kier molecular flexibility index (Phi) is 6.72. The summed E-state index contributed by atoms with van der Waals surface area (Å²) in [5.41, 5.74) is 4.94. The zero-order valence-corrected chi connectivity index (χ0v) is 13.3. The summed E-state index contributed by atoms with van der Waals surface area (Å²) in [7, 11) is 0. The molecule has 4 N–H and O–H groups in total. The van der Waals surface area contributed by atoms with Crippen LogP contribution in [0.4, 0.5) is 0 Å². The van der Waals surface area contributed by atoms with E-state index in [1.807, 2.05) is 13.8 Å². The SMILES string of the molecule is CC(C)(CNC1CCCC1C1COCCN1)C(N)=O.Cl. The molecule has 2 rings (SSSR count). The van der Waals surface area contributed by atoms with Gasteiger partial charge in [0, 0.05) is 25.2 Å². The maximum atomic E-state index is 11.4. The number of nitrogens with two attached hydrogens (primary N) is 1. The first-order chi connectivity index (χ1) is 9.00. The van der Waals surface area contributed by atoms with Gasteiger partial charge in [0.2, 0.25) is 5.91 Å². The Bertz CT molecular complexity index is 320. The van der Waals surface area contributed by atoms with Crippen molar-refractivity contribution < 1.29 is 9.53 Å². The molecule has 1 saturated carbocycles. The van der Waals surface area contributed by atoms with Crippen molar-refractivity contribution in [2.24, 2.45) is 17.1 Å². The maximum absolute atomic E-state index is 11.4. The highest BCUT2D eigenvalue weighted by molar-refractivity contribution is 5.85. The van der Waals surface area contributed by atoms with E-state index in [4.69, 9.17) is 10.5 Å². The lowest BCUT2D eigenvalue weighted by Crippen LogP contribution is -2.52. The van der Waals surface area contributed by atoms with Gasteiger partial charge >= 0.3 is 0 Å². The smallest absolute Gasteiger partial charge is 0.224 e. The molecule has 0 aromatic heterocycles. The van der Waals surface area contributed by atoms with Gasteiger partial charge in [0.1, 0.15) is 0 Å². The van der Waals surface area contributed by atoms with Crippen molar-refractivity contribution in [2.45, 2.75) is 45.2 Å². The monoisotopic (exact) mass is 305 g/mol. The molecule has 0 aromatic carbocycles. The molecule has 1 aliphatic carbocycles. The lowest BCUT2D eigenvalue weighted by atomic mass is 9.90. The van der Waals surface area contributed by atoms with Crippen LogP contribution in [0, 0.1) is 11.3 Å². The van der Waals surface area contributed by atoms with Crippen molar-refractivity contribution in [1.29, 1.82) is 0 Å². The van der Waals surface area contributed by atoms with Crippen LogP contribution in [0.25, 0.3) is 0 Å². The number of primary amides is 1. The summed E-state index contributed by atoms with van der Waals surface area (Å²) in [5.74, 6) is 0.359. The Morgan fingerprint density at radius 3 is 2.80 bits per heavy atom. The molecular weight excluding hydrogens is 278 g/mol. The van der Waals surface area contributed by atoms with Crippen LogP contribution in [-0.4, -0.2) is 44.3 Å². The fourth-order valence-electron chi connectivity index (χ4n) is 3.06. The van der Waals surface area contributed by atoms with Crippen LogP contribution in [0.3, 0.4) is 0 Å². The van der Waals surface area contributed by atoms with Gasteiger partial charge in [-0.1, -0.05) is 6.42 Å². The first-order valence-corrected chi connectivity index (χ1v) is 7.35. The van der Waals surface area contributed by atoms with E-state index in [1.54, 1.807) is 0 Å². The molecule has 2 fully saturated rings. The Morgan fingerprint density at radius 2 is 2.20 bits per heavy atom. The number of hydrogen-bond donors (Lipinski definition) is 3. The van der Waals surface area contributed by atoms with Crippen LogP contribution in [-0.2, 0) is 9.53 Å². The first kappa shape index (κ1) is 17.7. The van der Waals surface area contributed by atoms with Crippen molar-refractivity contribution >= 4 is 18.3 Å². The van der Waals surface area contributed by atoms with Gasteiger partial charge < -0.3 is 21.1 Å². The van der Waals surface area contributed by atoms with Crippen molar-refractivity contribution in [2.75, 3.05) is 26.3 Å². The molecule has 0 spiro atoms. The minimum absolute atomic E-state index is 0. The average molecular weight is 306 g/mol. The summed E-state index contributed by atoms with van der Waals surface area (Å²) >= 11 is 0. The lowest BCUT2D eigenvalue weighted by Gasteiger charge is -2.34. The van der Waals surface area contributed by atoms with Gasteiger partial charge in [-0.2, -0.15) is 0 Å². The van der Waals surface area contributed by atoms with E-state index >= 15 is 0 Å². The molecule has 118 valence electrons. The number of rotatable bonds is 5. The molecule has 1 saturated heterocycles. The molecule has 0 bridgehead atoms. The number of ether oxygens (including phenoxy) is 1. The van der Waals surface area contributed by atoms with Crippen LogP contribution >= 0.6 is 12.4 Å². The number of morpholine rings is 1. The summed E-state index contributed by atoms with van der Waals surface area (Å²) in [6.45, 7) is 7.01. The fourth-order valence-corrected chi connectivity index (χ4v) is 3.06. The van der Waals surface area contributed by atoms with Gasteiger partial charge in [-0.05, 0) is 32.6 Å². The second kappa shape index (κ2) is 7.59. The zero-order chi connectivity index (χ0) is 13.9. The number of amides is 1. The molecule has 2 aliphatic rings. The minimum atomic E-state index is -0.483. The topological polar surface area (TPSA) is 76.4 Å². The van der Waals surface area contributed by atoms with Gasteiger partial charge in [0.05, 0.1) is 18.6 Å². The molecular formula is C14H28ClN3O2. The largest absolute Gasteiger partial charge is 0.379 e. The lowest BCUT2D eigenvalue weighted by molar-refractivity contribution is -0.125. The van der Waals surface area contributed by atoms with Gasteiger partial charge in [0.15, 0.2) is 0 Å². The second-order valence-electron chi connectivity index (χ2n) is 6.47. The van der Waals surface area contributed by atoms with E-state index in [2.05, 4.69) is 10.6 Å². The van der Waals surface area contributed by atoms with Gasteiger partial charge in [-0.25, -0.2) is 0 Å². The summed E-state index contributed by atoms with van der Waals surface area (Å²) in [4.78, 5) is 11.4. The van der Waals surface area contributed by atoms with Crippen LogP contribution < -0.4 is 16.4 Å². The fraction of sp³-hybridized carbons (Fsp3) is 0.929. The molecule has 5 nitrogen and oxygen atoms in total. The van der Waals surface area contributed by atoms with Gasteiger partial charge in [-0.3, -0.25) is 4.79 Å². The highest BCUT2D eigenvalue weighted by Crippen LogP contribution is 2.30. The second-order valence-corrected chi connectivity index (χ2v) is 6.47. The number of carbonyl (C=O) groups is 1.